The van der Waals surface area contributed by atoms with Crippen LogP contribution in [0, 0.1) is 0 Å². The smallest absolute Gasteiger partial charge is 0.236 e. The summed E-state index contributed by atoms with van der Waals surface area (Å²) in [6, 6.07) is 8.90. The van der Waals surface area contributed by atoms with Crippen LogP contribution in [0.5, 0.6) is 0 Å². The number of hydrogen-bond donors (Lipinski definition) is 4. The van der Waals surface area contributed by atoms with E-state index in [2.05, 4.69) is 5.32 Å². The summed E-state index contributed by atoms with van der Waals surface area (Å²) < 4.78 is 0. The number of primary amides is 1. The Bertz CT molecular complexity index is 436. The van der Waals surface area contributed by atoms with E-state index >= 15 is 0 Å². The van der Waals surface area contributed by atoms with Gasteiger partial charge in [0.15, 0.2) is 0 Å². The van der Waals surface area contributed by atoms with Crippen molar-refractivity contribution in [3.8, 4) is 0 Å². The maximum absolute atomic E-state index is 11.7. The van der Waals surface area contributed by atoms with E-state index in [9.17, 15) is 9.59 Å². The summed E-state index contributed by atoms with van der Waals surface area (Å²) in [7, 11) is 0. The second-order valence-electron chi connectivity index (χ2n) is 4.81. The minimum atomic E-state index is -0.730. The lowest BCUT2D eigenvalue weighted by molar-refractivity contribution is -0.122. The van der Waals surface area contributed by atoms with E-state index in [0.717, 1.165) is 5.56 Å². The topological polar surface area (TPSA) is 124 Å². The minimum Gasteiger partial charge on any atom is -0.370 e. The van der Waals surface area contributed by atoms with E-state index in [1.54, 1.807) is 0 Å². The summed E-state index contributed by atoms with van der Waals surface area (Å²) in [6.07, 6.45) is 1.03. The summed E-state index contributed by atoms with van der Waals surface area (Å²) in [5, 5.41) is 2.69. The number of benzene rings is 1. The highest BCUT2D eigenvalue weighted by atomic mass is 16.2. The molecule has 0 saturated carbocycles. The molecule has 1 aromatic rings. The molecule has 0 unspecified atom stereocenters. The summed E-state index contributed by atoms with van der Waals surface area (Å²) in [5.74, 6) is -0.774. The normalized spacial score (nSPS) is 13.5. The van der Waals surface area contributed by atoms with Gasteiger partial charge in [0, 0.05) is 19.0 Å². The van der Waals surface area contributed by atoms with Crippen LogP contribution in [0.25, 0.3) is 0 Å². The summed E-state index contributed by atoms with van der Waals surface area (Å²) in [6.45, 7) is 0.345. The lowest BCUT2D eigenvalue weighted by atomic mass is 10.1. The average Bonchev–Trinajstić information content (AvgIpc) is 2.43. The third-order valence-corrected chi connectivity index (χ3v) is 2.92. The summed E-state index contributed by atoms with van der Waals surface area (Å²) in [5.41, 5.74) is 17.7. The standard InChI is InChI=1S/C14H22N4O2/c15-11(8-10-4-2-1-3-5-10)9-18-14(20)12(16)6-7-13(17)19/h1-5,11-12H,6-9,15-16H2,(H2,17,19)(H,18,20)/t11-,12+/m1/s1. The number of carbonyl (C=O) groups is 2. The molecule has 0 saturated heterocycles. The van der Waals surface area contributed by atoms with Crippen molar-refractivity contribution in [3.63, 3.8) is 0 Å². The maximum Gasteiger partial charge on any atom is 0.236 e. The lowest BCUT2D eigenvalue weighted by Crippen LogP contribution is -2.46. The van der Waals surface area contributed by atoms with Gasteiger partial charge >= 0.3 is 0 Å². The zero-order chi connectivity index (χ0) is 15.0. The summed E-state index contributed by atoms with van der Waals surface area (Å²) in [4.78, 5) is 22.3. The van der Waals surface area contributed by atoms with Gasteiger partial charge in [-0.2, -0.15) is 0 Å². The molecular weight excluding hydrogens is 256 g/mol. The van der Waals surface area contributed by atoms with Gasteiger partial charge in [0.1, 0.15) is 0 Å². The Morgan fingerprint density at radius 2 is 1.80 bits per heavy atom. The molecular formula is C14H22N4O2. The van der Waals surface area contributed by atoms with Crippen molar-refractivity contribution >= 4 is 11.8 Å². The lowest BCUT2D eigenvalue weighted by Gasteiger charge is -2.15. The predicted octanol–water partition coefficient (Wildman–Crippen LogP) is -0.735. The van der Waals surface area contributed by atoms with Gasteiger partial charge in [0.25, 0.3) is 0 Å². The molecule has 7 N–H and O–H groups in total. The third kappa shape index (κ3) is 6.31. The molecule has 110 valence electrons. The van der Waals surface area contributed by atoms with Gasteiger partial charge in [-0.3, -0.25) is 9.59 Å². The van der Waals surface area contributed by atoms with E-state index in [1.165, 1.54) is 0 Å². The highest BCUT2D eigenvalue weighted by Crippen LogP contribution is 2.01. The Morgan fingerprint density at radius 1 is 1.15 bits per heavy atom. The highest BCUT2D eigenvalue weighted by Gasteiger charge is 2.15. The average molecular weight is 278 g/mol. The Morgan fingerprint density at radius 3 is 2.40 bits per heavy atom. The number of nitrogens with two attached hydrogens (primary N) is 3. The first-order valence-electron chi connectivity index (χ1n) is 6.60. The van der Waals surface area contributed by atoms with Crippen LogP contribution in [0.15, 0.2) is 30.3 Å². The molecule has 2 amide bonds. The third-order valence-electron chi connectivity index (χ3n) is 2.92. The molecule has 6 nitrogen and oxygen atoms in total. The van der Waals surface area contributed by atoms with Crippen molar-refractivity contribution in [1.82, 2.24) is 5.32 Å². The van der Waals surface area contributed by atoms with E-state index in [1.807, 2.05) is 30.3 Å². The first-order chi connectivity index (χ1) is 9.49. The van der Waals surface area contributed by atoms with Crippen LogP contribution in [0.4, 0.5) is 0 Å². The predicted molar refractivity (Wildman–Crippen MR) is 77.5 cm³/mol. The zero-order valence-corrected chi connectivity index (χ0v) is 11.4. The molecule has 1 rings (SSSR count). The fraction of sp³-hybridized carbons (Fsp3) is 0.429. The van der Waals surface area contributed by atoms with Crippen LogP contribution in [0.3, 0.4) is 0 Å². The minimum absolute atomic E-state index is 0.102. The van der Waals surface area contributed by atoms with Gasteiger partial charge in [-0.15, -0.1) is 0 Å². The van der Waals surface area contributed by atoms with E-state index < -0.39 is 11.9 Å². The second kappa shape index (κ2) is 8.29. The van der Waals surface area contributed by atoms with Crippen molar-refractivity contribution < 1.29 is 9.59 Å². The van der Waals surface area contributed by atoms with Gasteiger partial charge in [-0.1, -0.05) is 30.3 Å². The molecule has 1 aromatic carbocycles. The number of nitrogens with one attached hydrogen (secondary N) is 1. The van der Waals surface area contributed by atoms with Crippen molar-refractivity contribution in [1.29, 1.82) is 0 Å². The van der Waals surface area contributed by atoms with Crippen LogP contribution in [0.1, 0.15) is 18.4 Å². The van der Waals surface area contributed by atoms with Crippen molar-refractivity contribution in [2.75, 3.05) is 6.54 Å². The quantitative estimate of drug-likeness (QED) is 0.500. The Hall–Kier alpha value is -1.92. The highest BCUT2D eigenvalue weighted by molar-refractivity contribution is 5.82. The molecule has 0 aliphatic carbocycles. The molecule has 2 atom stereocenters. The number of rotatable bonds is 8. The first-order valence-corrected chi connectivity index (χ1v) is 6.60. The number of carbonyl (C=O) groups excluding carboxylic acids is 2. The van der Waals surface area contributed by atoms with E-state index in [0.29, 0.717) is 13.0 Å². The molecule has 0 heterocycles. The molecule has 0 bridgehead atoms. The Labute approximate surface area is 118 Å². The van der Waals surface area contributed by atoms with Crippen molar-refractivity contribution in [3.05, 3.63) is 35.9 Å². The van der Waals surface area contributed by atoms with Gasteiger partial charge in [-0.25, -0.2) is 0 Å². The Balaban J connectivity index is 2.28. The molecule has 0 aromatic heterocycles. The zero-order valence-electron chi connectivity index (χ0n) is 11.4. The second-order valence-corrected chi connectivity index (χ2v) is 4.81. The van der Waals surface area contributed by atoms with Crippen LogP contribution in [-0.2, 0) is 16.0 Å². The van der Waals surface area contributed by atoms with Gasteiger partial charge < -0.3 is 22.5 Å². The maximum atomic E-state index is 11.7. The fourth-order valence-corrected chi connectivity index (χ4v) is 1.78. The van der Waals surface area contributed by atoms with Gasteiger partial charge in [0.2, 0.25) is 11.8 Å². The van der Waals surface area contributed by atoms with Crippen LogP contribution >= 0.6 is 0 Å². The summed E-state index contributed by atoms with van der Waals surface area (Å²) >= 11 is 0. The fourth-order valence-electron chi connectivity index (χ4n) is 1.78. The van der Waals surface area contributed by atoms with Crippen molar-refractivity contribution in [2.24, 2.45) is 17.2 Å². The SMILES string of the molecule is NC(=O)CC[C@H](N)C(=O)NC[C@H](N)Cc1ccccc1. The molecule has 6 heteroatoms. The first kappa shape index (κ1) is 16.1. The van der Waals surface area contributed by atoms with Crippen LogP contribution < -0.4 is 22.5 Å². The van der Waals surface area contributed by atoms with Crippen LogP contribution in [-0.4, -0.2) is 30.4 Å². The van der Waals surface area contributed by atoms with Gasteiger partial charge in [0.05, 0.1) is 6.04 Å². The van der Waals surface area contributed by atoms with Crippen LogP contribution in [0.2, 0.25) is 0 Å². The monoisotopic (exact) mass is 278 g/mol. The molecule has 0 fully saturated rings. The molecule has 0 spiro atoms. The number of hydrogen-bond acceptors (Lipinski definition) is 4. The molecule has 20 heavy (non-hydrogen) atoms. The van der Waals surface area contributed by atoms with E-state index in [4.69, 9.17) is 17.2 Å². The molecule has 0 aliphatic rings. The number of amides is 2. The van der Waals surface area contributed by atoms with Crippen molar-refractivity contribution in [2.45, 2.75) is 31.3 Å². The molecule has 0 aliphatic heterocycles. The molecule has 0 radical (unpaired) electrons. The largest absolute Gasteiger partial charge is 0.370 e. The van der Waals surface area contributed by atoms with Gasteiger partial charge in [-0.05, 0) is 18.4 Å². The van der Waals surface area contributed by atoms with E-state index in [-0.39, 0.29) is 24.8 Å². The Kier molecular flexibility index (Phi) is 6.69.